The van der Waals surface area contributed by atoms with E-state index in [1.165, 1.54) is 7.11 Å². The van der Waals surface area contributed by atoms with E-state index in [0.717, 1.165) is 6.42 Å². The summed E-state index contributed by atoms with van der Waals surface area (Å²) in [5.74, 6) is -0.544. The first-order valence-electron chi connectivity index (χ1n) is 7.57. The van der Waals surface area contributed by atoms with Gasteiger partial charge in [0.05, 0.1) is 7.11 Å². The third-order valence-electron chi connectivity index (χ3n) is 3.66. The zero-order valence-electron chi connectivity index (χ0n) is 13.1. The van der Waals surface area contributed by atoms with E-state index >= 15 is 0 Å². The van der Waals surface area contributed by atoms with Crippen LogP contribution in [0, 0.1) is 0 Å². The number of rotatable bonds is 5. The Balaban J connectivity index is 1.93. The summed E-state index contributed by atoms with van der Waals surface area (Å²) in [4.78, 5) is 34.8. The smallest absolute Gasteiger partial charge is 0.325 e. The number of methoxy groups -OCH3 is 1. The highest BCUT2D eigenvalue weighted by Gasteiger charge is 2.18. The standard InChI is InChI=1S/C16H21N3O4/c1-23-15(21)10-18-13-4-2-3-11(9-13)16(22)19-12-5-6-14(20)17-8-7-12/h2-4,9,12,18H,5-8,10H2,1H3,(H,17,20)(H,19,22). The number of carbonyl (C=O) groups excluding carboxylic acids is 3. The minimum atomic E-state index is -0.379. The Morgan fingerprint density at radius 3 is 2.96 bits per heavy atom. The van der Waals surface area contributed by atoms with Crippen molar-refractivity contribution in [2.24, 2.45) is 0 Å². The summed E-state index contributed by atoms with van der Waals surface area (Å²) in [6.07, 6.45) is 1.78. The van der Waals surface area contributed by atoms with Gasteiger partial charge in [0.2, 0.25) is 5.91 Å². The molecule has 2 rings (SSSR count). The molecular formula is C16H21N3O4. The van der Waals surface area contributed by atoms with Gasteiger partial charge in [-0.05, 0) is 31.0 Å². The molecule has 7 nitrogen and oxygen atoms in total. The molecule has 0 bridgehead atoms. The van der Waals surface area contributed by atoms with Gasteiger partial charge in [-0.1, -0.05) is 6.07 Å². The number of ether oxygens (including phenoxy) is 1. The molecule has 1 fully saturated rings. The van der Waals surface area contributed by atoms with E-state index in [1.54, 1.807) is 24.3 Å². The summed E-state index contributed by atoms with van der Waals surface area (Å²) in [5.41, 5.74) is 1.17. The second kappa shape index (κ2) is 8.17. The molecule has 0 radical (unpaired) electrons. The van der Waals surface area contributed by atoms with Gasteiger partial charge < -0.3 is 20.7 Å². The fourth-order valence-electron chi connectivity index (χ4n) is 2.35. The average Bonchev–Trinajstić information content (AvgIpc) is 2.77. The lowest BCUT2D eigenvalue weighted by atomic mass is 10.1. The molecule has 0 aliphatic carbocycles. The van der Waals surface area contributed by atoms with E-state index in [1.807, 2.05) is 0 Å². The maximum Gasteiger partial charge on any atom is 0.325 e. The third kappa shape index (κ3) is 5.28. The minimum Gasteiger partial charge on any atom is -0.468 e. The first-order valence-corrected chi connectivity index (χ1v) is 7.57. The molecular weight excluding hydrogens is 298 g/mol. The largest absolute Gasteiger partial charge is 0.468 e. The lowest BCUT2D eigenvalue weighted by molar-refractivity contribution is -0.138. The van der Waals surface area contributed by atoms with Crippen molar-refractivity contribution >= 4 is 23.5 Å². The van der Waals surface area contributed by atoms with Gasteiger partial charge in [0.1, 0.15) is 6.54 Å². The molecule has 1 aliphatic rings. The Labute approximate surface area is 134 Å². The minimum absolute atomic E-state index is 0.0202. The summed E-state index contributed by atoms with van der Waals surface area (Å²) >= 11 is 0. The van der Waals surface area contributed by atoms with Crippen molar-refractivity contribution in [3.63, 3.8) is 0 Å². The molecule has 1 unspecified atom stereocenters. The maximum absolute atomic E-state index is 12.3. The average molecular weight is 319 g/mol. The molecule has 1 atom stereocenters. The van der Waals surface area contributed by atoms with Crippen LogP contribution in [0.4, 0.5) is 5.69 Å². The van der Waals surface area contributed by atoms with Crippen molar-refractivity contribution in [3.8, 4) is 0 Å². The summed E-state index contributed by atoms with van der Waals surface area (Å²) < 4.78 is 4.56. The fourth-order valence-corrected chi connectivity index (χ4v) is 2.35. The number of anilines is 1. The first kappa shape index (κ1) is 16.8. The molecule has 0 aromatic heterocycles. The molecule has 1 aliphatic heterocycles. The van der Waals surface area contributed by atoms with Gasteiger partial charge in [-0.3, -0.25) is 14.4 Å². The Hall–Kier alpha value is -2.57. The molecule has 0 saturated carbocycles. The molecule has 1 aromatic rings. The topological polar surface area (TPSA) is 96.5 Å². The Morgan fingerprint density at radius 2 is 2.17 bits per heavy atom. The molecule has 7 heteroatoms. The van der Waals surface area contributed by atoms with Crippen molar-refractivity contribution in [1.29, 1.82) is 0 Å². The zero-order chi connectivity index (χ0) is 16.7. The molecule has 2 amide bonds. The van der Waals surface area contributed by atoms with Crippen molar-refractivity contribution in [1.82, 2.24) is 10.6 Å². The quantitative estimate of drug-likeness (QED) is 0.693. The van der Waals surface area contributed by atoms with E-state index in [9.17, 15) is 14.4 Å². The third-order valence-corrected chi connectivity index (χ3v) is 3.66. The van der Waals surface area contributed by atoms with Crippen LogP contribution < -0.4 is 16.0 Å². The van der Waals surface area contributed by atoms with Crippen LogP contribution in [0.15, 0.2) is 24.3 Å². The van der Waals surface area contributed by atoms with Crippen LogP contribution in [0.25, 0.3) is 0 Å². The second-order valence-corrected chi connectivity index (χ2v) is 5.36. The van der Waals surface area contributed by atoms with Gasteiger partial charge in [0.15, 0.2) is 0 Å². The van der Waals surface area contributed by atoms with Gasteiger partial charge in [0, 0.05) is 30.3 Å². The van der Waals surface area contributed by atoms with E-state index in [0.29, 0.717) is 30.6 Å². The lowest BCUT2D eigenvalue weighted by Crippen LogP contribution is -2.35. The highest BCUT2D eigenvalue weighted by atomic mass is 16.5. The normalized spacial score (nSPS) is 17.6. The van der Waals surface area contributed by atoms with Gasteiger partial charge in [-0.2, -0.15) is 0 Å². The molecule has 1 aromatic carbocycles. The number of amides is 2. The number of hydrogen-bond acceptors (Lipinski definition) is 5. The van der Waals surface area contributed by atoms with Crippen LogP contribution in [0.3, 0.4) is 0 Å². The molecule has 1 heterocycles. The van der Waals surface area contributed by atoms with Crippen molar-refractivity contribution in [2.45, 2.75) is 25.3 Å². The fraction of sp³-hybridized carbons (Fsp3) is 0.438. The number of benzene rings is 1. The van der Waals surface area contributed by atoms with Crippen molar-refractivity contribution in [3.05, 3.63) is 29.8 Å². The van der Waals surface area contributed by atoms with Crippen LogP contribution in [-0.4, -0.2) is 44.0 Å². The summed E-state index contributed by atoms with van der Waals surface area (Å²) in [6.45, 7) is 0.614. The van der Waals surface area contributed by atoms with Crippen LogP contribution >= 0.6 is 0 Å². The highest BCUT2D eigenvalue weighted by Crippen LogP contribution is 2.12. The Kier molecular flexibility index (Phi) is 5.96. The summed E-state index contributed by atoms with van der Waals surface area (Å²) in [6, 6.07) is 6.88. The number of esters is 1. The number of nitrogens with one attached hydrogen (secondary N) is 3. The van der Waals surface area contributed by atoms with Gasteiger partial charge in [-0.25, -0.2) is 0 Å². The predicted molar refractivity (Wildman–Crippen MR) is 85.1 cm³/mol. The van der Waals surface area contributed by atoms with Gasteiger partial charge in [-0.15, -0.1) is 0 Å². The van der Waals surface area contributed by atoms with Crippen LogP contribution in [-0.2, 0) is 14.3 Å². The van der Waals surface area contributed by atoms with E-state index in [2.05, 4.69) is 20.7 Å². The van der Waals surface area contributed by atoms with Crippen LogP contribution in [0.1, 0.15) is 29.6 Å². The molecule has 124 valence electrons. The summed E-state index contributed by atoms with van der Waals surface area (Å²) in [7, 11) is 1.32. The highest BCUT2D eigenvalue weighted by molar-refractivity contribution is 5.95. The zero-order valence-corrected chi connectivity index (χ0v) is 13.1. The van der Waals surface area contributed by atoms with Crippen molar-refractivity contribution < 1.29 is 19.1 Å². The number of carbonyl (C=O) groups is 3. The second-order valence-electron chi connectivity index (χ2n) is 5.36. The lowest BCUT2D eigenvalue weighted by Gasteiger charge is -2.16. The Bertz CT molecular complexity index is 588. The maximum atomic E-state index is 12.3. The molecule has 23 heavy (non-hydrogen) atoms. The van der Waals surface area contributed by atoms with E-state index in [-0.39, 0.29) is 30.4 Å². The monoisotopic (exact) mass is 319 g/mol. The van der Waals surface area contributed by atoms with E-state index < -0.39 is 0 Å². The van der Waals surface area contributed by atoms with E-state index in [4.69, 9.17) is 0 Å². The first-order chi connectivity index (χ1) is 11.1. The molecule has 0 spiro atoms. The van der Waals surface area contributed by atoms with Crippen LogP contribution in [0.5, 0.6) is 0 Å². The summed E-state index contributed by atoms with van der Waals surface area (Å²) in [5, 5.41) is 8.63. The molecule has 1 saturated heterocycles. The number of hydrogen-bond donors (Lipinski definition) is 3. The van der Waals surface area contributed by atoms with Gasteiger partial charge >= 0.3 is 5.97 Å². The van der Waals surface area contributed by atoms with Crippen molar-refractivity contribution in [2.75, 3.05) is 25.5 Å². The predicted octanol–water partition coefficient (Wildman–Crippen LogP) is 0.670. The van der Waals surface area contributed by atoms with Gasteiger partial charge in [0.25, 0.3) is 5.91 Å². The molecule has 3 N–H and O–H groups in total. The Morgan fingerprint density at radius 1 is 1.35 bits per heavy atom. The van der Waals surface area contributed by atoms with Crippen LogP contribution in [0.2, 0.25) is 0 Å². The SMILES string of the molecule is COC(=O)CNc1cccc(C(=O)NC2CCNC(=O)CC2)c1.